The topological polar surface area (TPSA) is 98.7 Å². The Kier molecular flexibility index (Phi) is 5.15. The molecule has 8 nitrogen and oxygen atoms in total. The quantitative estimate of drug-likeness (QED) is 0.545. The molecule has 29 heavy (non-hydrogen) atoms. The summed E-state index contributed by atoms with van der Waals surface area (Å²) in [5.41, 5.74) is 3.27. The Labute approximate surface area is 167 Å². The Morgan fingerprint density at radius 1 is 1.17 bits per heavy atom. The van der Waals surface area contributed by atoms with E-state index in [0.29, 0.717) is 36.2 Å². The van der Waals surface area contributed by atoms with Crippen molar-refractivity contribution in [2.75, 3.05) is 0 Å². The minimum atomic E-state index is -0.235. The molecule has 0 bridgehead atoms. The van der Waals surface area contributed by atoms with Crippen molar-refractivity contribution in [3.63, 3.8) is 0 Å². The molecule has 0 aliphatic rings. The monoisotopic (exact) mass is 388 g/mol. The third-order valence-electron chi connectivity index (χ3n) is 4.56. The number of rotatable bonds is 6. The molecular formula is C21H20N6O2. The Balaban J connectivity index is 1.44. The van der Waals surface area contributed by atoms with E-state index in [2.05, 4.69) is 25.4 Å². The third-order valence-corrected chi connectivity index (χ3v) is 4.56. The van der Waals surface area contributed by atoms with Crippen LogP contribution in [-0.4, -0.2) is 30.6 Å². The van der Waals surface area contributed by atoms with Crippen LogP contribution in [0.4, 0.5) is 0 Å². The number of nitrogens with zero attached hydrogens (tertiary/aromatic N) is 5. The van der Waals surface area contributed by atoms with Crippen LogP contribution in [0, 0.1) is 6.92 Å². The first-order chi connectivity index (χ1) is 14.1. The van der Waals surface area contributed by atoms with Crippen LogP contribution in [0.2, 0.25) is 0 Å². The van der Waals surface area contributed by atoms with Crippen molar-refractivity contribution in [1.82, 2.24) is 30.0 Å². The summed E-state index contributed by atoms with van der Waals surface area (Å²) in [4.78, 5) is 25.3. The average molecular weight is 388 g/mol. The van der Waals surface area contributed by atoms with Gasteiger partial charge < -0.3 is 9.84 Å². The van der Waals surface area contributed by atoms with E-state index in [1.807, 2.05) is 50.2 Å². The number of aryl methyl sites for hydroxylation is 2. The Morgan fingerprint density at radius 3 is 2.76 bits per heavy atom. The maximum atomic E-state index is 12.4. The first kappa shape index (κ1) is 18.5. The van der Waals surface area contributed by atoms with Crippen molar-refractivity contribution in [2.24, 2.45) is 0 Å². The van der Waals surface area contributed by atoms with Crippen LogP contribution in [0.3, 0.4) is 0 Å². The van der Waals surface area contributed by atoms with Crippen molar-refractivity contribution >= 4 is 5.91 Å². The summed E-state index contributed by atoms with van der Waals surface area (Å²) in [6.45, 7) is 4.43. The van der Waals surface area contributed by atoms with Gasteiger partial charge in [0.25, 0.3) is 11.8 Å². The lowest BCUT2D eigenvalue weighted by molar-refractivity contribution is 0.0946. The van der Waals surface area contributed by atoms with Crippen LogP contribution >= 0.6 is 0 Å². The molecule has 0 radical (unpaired) electrons. The van der Waals surface area contributed by atoms with Crippen LogP contribution in [-0.2, 0) is 13.0 Å². The highest BCUT2D eigenvalue weighted by Crippen LogP contribution is 2.17. The van der Waals surface area contributed by atoms with Crippen molar-refractivity contribution in [3.8, 4) is 17.3 Å². The summed E-state index contributed by atoms with van der Waals surface area (Å²) in [5.74, 6) is 1.49. The molecule has 8 heteroatoms. The standard InChI is InChI=1S/C21H20N6O2/c1-3-18-25-21(29-26-18)16-8-9-19(22-11-16)27-12-17(24-13-27)20(28)23-10-15-7-5-4-6-14(15)2/h4-9,11-13H,3,10H2,1-2H3,(H,23,28). The fourth-order valence-corrected chi connectivity index (χ4v) is 2.82. The summed E-state index contributed by atoms with van der Waals surface area (Å²) >= 11 is 0. The summed E-state index contributed by atoms with van der Waals surface area (Å²) in [7, 11) is 0. The summed E-state index contributed by atoms with van der Waals surface area (Å²) in [6.07, 6.45) is 5.57. The van der Waals surface area contributed by atoms with Crippen LogP contribution in [0.1, 0.15) is 34.4 Å². The Bertz CT molecular complexity index is 1130. The smallest absolute Gasteiger partial charge is 0.271 e. The molecule has 0 spiro atoms. The summed E-state index contributed by atoms with van der Waals surface area (Å²) in [5, 5.41) is 6.78. The normalized spacial score (nSPS) is 10.8. The average Bonchev–Trinajstić information content (AvgIpc) is 3.43. The van der Waals surface area contributed by atoms with E-state index in [9.17, 15) is 4.79 Å². The molecule has 0 atom stereocenters. The Hall–Kier alpha value is -3.81. The van der Waals surface area contributed by atoms with Gasteiger partial charge in [0, 0.05) is 25.4 Å². The SMILES string of the molecule is CCc1noc(-c2ccc(-n3cnc(C(=O)NCc4ccccc4C)c3)nc2)n1. The van der Waals surface area contributed by atoms with Crippen LogP contribution in [0.5, 0.6) is 0 Å². The second-order valence-electron chi connectivity index (χ2n) is 6.55. The maximum absolute atomic E-state index is 12.4. The zero-order valence-corrected chi connectivity index (χ0v) is 16.2. The summed E-state index contributed by atoms with van der Waals surface area (Å²) in [6, 6.07) is 11.6. The van der Waals surface area contributed by atoms with E-state index < -0.39 is 0 Å². The number of benzene rings is 1. The molecule has 146 valence electrons. The third kappa shape index (κ3) is 4.06. The molecule has 4 rings (SSSR count). The van der Waals surface area contributed by atoms with Gasteiger partial charge in [0.1, 0.15) is 17.8 Å². The van der Waals surface area contributed by atoms with Crippen LogP contribution in [0.25, 0.3) is 17.3 Å². The molecule has 1 aromatic carbocycles. The summed E-state index contributed by atoms with van der Waals surface area (Å²) < 4.78 is 6.91. The van der Waals surface area contributed by atoms with E-state index in [4.69, 9.17) is 4.52 Å². The zero-order chi connectivity index (χ0) is 20.2. The highest BCUT2D eigenvalue weighted by atomic mass is 16.5. The number of carbonyl (C=O) groups excluding carboxylic acids is 1. The van der Waals surface area contributed by atoms with Gasteiger partial charge in [-0.1, -0.05) is 36.3 Å². The minimum absolute atomic E-state index is 0.235. The van der Waals surface area contributed by atoms with Gasteiger partial charge in [-0.25, -0.2) is 9.97 Å². The van der Waals surface area contributed by atoms with E-state index in [1.54, 1.807) is 23.3 Å². The molecule has 0 unspecified atom stereocenters. The second kappa shape index (κ2) is 8.05. The molecule has 0 saturated heterocycles. The van der Waals surface area contributed by atoms with Gasteiger partial charge in [0.2, 0.25) is 0 Å². The maximum Gasteiger partial charge on any atom is 0.271 e. The molecule has 3 heterocycles. The van der Waals surface area contributed by atoms with Crippen molar-refractivity contribution in [2.45, 2.75) is 26.8 Å². The first-order valence-corrected chi connectivity index (χ1v) is 9.30. The largest absolute Gasteiger partial charge is 0.347 e. The molecule has 1 amide bonds. The molecule has 0 aliphatic heterocycles. The predicted molar refractivity (Wildman–Crippen MR) is 106 cm³/mol. The number of hydrogen-bond acceptors (Lipinski definition) is 6. The lowest BCUT2D eigenvalue weighted by Crippen LogP contribution is -2.23. The van der Waals surface area contributed by atoms with Gasteiger partial charge in [-0.2, -0.15) is 4.98 Å². The van der Waals surface area contributed by atoms with Crippen molar-refractivity contribution in [3.05, 3.63) is 77.8 Å². The molecule has 4 aromatic rings. The molecule has 1 N–H and O–H groups in total. The zero-order valence-electron chi connectivity index (χ0n) is 16.2. The highest BCUT2D eigenvalue weighted by molar-refractivity contribution is 5.92. The van der Waals surface area contributed by atoms with Crippen molar-refractivity contribution in [1.29, 1.82) is 0 Å². The highest BCUT2D eigenvalue weighted by Gasteiger charge is 2.12. The van der Waals surface area contributed by atoms with Crippen LogP contribution < -0.4 is 5.32 Å². The van der Waals surface area contributed by atoms with Gasteiger partial charge in [-0.15, -0.1) is 0 Å². The van der Waals surface area contributed by atoms with Gasteiger partial charge in [-0.05, 0) is 30.2 Å². The van der Waals surface area contributed by atoms with E-state index in [-0.39, 0.29) is 5.91 Å². The first-order valence-electron chi connectivity index (χ1n) is 9.30. The molecule has 3 aromatic heterocycles. The Morgan fingerprint density at radius 2 is 2.03 bits per heavy atom. The number of imidazole rings is 1. The molecule has 0 aliphatic carbocycles. The predicted octanol–water partition coefficient (Wildman–Crippen LogP) is 3.12. The molecule has 0 fully saturated rings. The van der Waals surface area contributed by atoms with Crippen molar-refractivity contribution < 1.29 is 9.32 Å². The van der Waals surface area contributed by atoms with Crippen LogP contribution in [0.15, 0.2) is 59.6 Å². The second-order valence-corrected chi connectivity index (χ2v) is 6.55. The fourth-order valence-electron chi connectivity index (χ4n) is 2.82. The molecule has 0 saturated carbocycles. The number of hydrogen-bond donors (Lipinski definition) is 1. The number of pyridine rings is 1. The molecular weight excluding hydrogens is 368 g/mol. The number of nitrogens with one attached hydrogen (secondary N) is 1. The van der Waals surface area contributed by atoms with E-state index in [0.717, 1.165) is 16.7 Å². The minimum Gasteiger partial charge on any atom is -0.347 e. The van der Waals surface area contributed by atoms with Gasteiger partial charge in [-0.3, -0.25) is 9.36 Å². The number of carbonyl (C=O) groups is 1. The van der Waals surface area contributed by atoms with Gasteiger partial charge >= 0.3 is 0 Å². The van der Waals surface area contributed by atoms with Gasteiger partial charge in [0.05, 0.1) is 5.56 Å². The number of aromatic nitrogens is 5. The lowest BCUT2D eigenvalue weighted by Gasteiger charge is -2.06. The fraction of sp³-hybridized carbons (Fsp3) is 0.190. The number of amides is 1. The lowest BCUT2D eigenvalue weighted by atomic mass is 10.1. The van der Waals surface area contributed by atoms with E-state index >= 15 is 0 Å². The van der Waals surface area contributed by atoms with E-state index in [1.165, 1.54) is 0 Å². The van der Waals surface area contributed by atoms with Gasteiger partial charge in [0.15, 0.2) is 5.82 Å².